The SMILES string of the molecule is Cc1c(-c2ccccc2)cccc1N(c1ccccc1)c1cc(N(c2ccccc2)c2cccc(-c3ccccc3)c2C)c2ccc3cc([Si](C)(C)C)cc4ccc1c2c43. The zero-order chi connectivity index (χ0) is 41.0. The molecule has 10 rings (SSSR count). The first-order valence-electron chi connectivity index (χ1n) is 21.0. The summed E-state index contributed by atoms with van der Waals surface area (Å²) in [4.78, 5) is 5.00. The highest BCUT2D eigenvalue weighted by Crippen LogP contribution is 2.51. The minimum atomic E-state index is -1.61. The van der Waals surface area contributed by atoms with E-state index in [9.17, 15) is 0 Å². The summed E-state index contributed by atoms with van der Waals surface area (Å²) in [6.45, 7) is 11.9. The fraction of sp³-hybridized carbons (Fsp3) is 0.0877. The van der Waals surface area contributed by atoms with Gasteiger partial charge in [-0.2, -0.15) is 0 Å². The second-order valence-electron chi connectivity index (χ2n) is 17.0. The molecule has 0 unspecified atom stereocenters. The molecule has 0 saturated carbocycles. The van der Waals surface area contributed by atoms with Gasteiger partial charge < -0.3 is 9.80 Å². The monoisotopic (exact) mass is 788 g/mol. The molecule has 0 aliphatic rings. The first kappa shape index (κ1) is 37.3. The Morgan fingerprint density at radius 1 is 0.350 bits per heavy atom. The van der Waals surface area contributed by atoms with Gasteiger partial charge in [0.25, 0.3) is 0 Å². The van der Waals surface area contributed by atoms with Crippen LogP contribution in [0, 0.1) is 13.8 Å². The van der Waals surface area contributed by atoms with Crippen molar-refractivity contribution in [3.8, 4) is 22.3 Å². The van der Waals surface area contributed by atoms with Crippen molar-refractivity contribution < 1.29 is 0 Å². The Morgan fingerprint density at radius 3 is 1.15 bits per heavy atom. The van der Waals surface area contributed by atoms with Gasteiger partial charge in [0, 0.05) is 38.9 Å². The highest BCUT2D eigenvalue weighted by Gasteiger charge is 2.27. The topological polar surface area (TPSA) is 6.48 Å². The van der Waals surface area contributed by atoms with Crippen molar-refractivity contribution in [2.45, 2.75) is 33.5 Å². The van der Waals surface area contributed by atoms with Crippen LogP contribution in [0.25, 0.3) is 54.6 Å². The summed E-state index contributed by atoms with van der Waals surface area (Å²) in [6.07, 6.45) is 0. The summed E-state index contributed by atoms with van der Waals surface area (Å²) in [5.74, 6) is 0. The van der Waals surface area contributed by atoms with Crippen molar-refractivity contribution in [2.24, 2.45) is 0 Å². The highest BCUT2D eigenvalue weighted by molar-refractivity contribution is 6.89. The quantitative estimate of drug-likeness (QED) is 0.106. The van der Waals surface area contributed by atoms with Crippen molar-refractivity contribution in [1.82, 2.24) is 0 Å². The maximum atomic E-state index is 2.50. The molecule has 0 aliphatic heterocycles. The van der Waals surface area contributed by atoms with E-state index in [0.29, 0.717) is 0 Å². The van der Waals surface area contributed by atoms with Gasteiger partial charge in [0.15, 0.2) is 0 Å². The molecule has 0 radical (unpaired) electrons. The van der Waals surface area contributed by atoms with Crippen molar-refractivity contribution in [2.75, 3.05) is 9.80 Å². The second-order valence-corrected chi connectivity index (χ2v) is 22.1. The molecule has 0 spiro atoms. The van der Waals surface area contributed by atoms with E-state index in [4.69, 9.17) is 0 Å². The van der Waals surface area contributed by atoms with Gasteiger partial charge in [-0.25, -0.2) is 0 Å². The van der Waals surface area contributed by atoms with Gasteiger partial charge in [-0.05, 0) is 106 Å². The molecule has 0 bridgehead atoms. The van der Waals surface area contributed by atoms with Crippen molar-refractivity contribution >= 4 is 79.7 Å². The third-order valence-electron chi connectivity index (χ3n) is 12.3. The summed E-state index contributed by atoms with van der Waals surface area (Å²) in [5, 5.41) is 9.14. The molecule has 0 atom stereocenters. The standard InChI is InChI=1S/C57H48N2Si/c1-39-48(41-20-10-6-11-21-41)28-18-30-52(39)58(45-24-14-8-15-25-45)54-38-55(51-35-33-44-37-47(60(3,4)5)36-43-32-34-50(54)57(51)56(43)44)59(46-26-16-9-17-27-46)53-31-19-29-49(40(53)2)42-22-12-7-13-23-42/h6-38H,1-5H3. The van der Waals surface area contributed by atoms with Gasteiger partial charge in [-0.3, -0.25) is 0 Å². The summed E-state index contributed by atoms with van der Waals surface area (Å²) >= 11 is 0. The van der Waals surface area contributed by atoms with Crippen LogP contribution in [-0.2, 0) is 0 Å². The number of hydrogen-bond acceptors (Lipinski definition) is 2. The number of nitrogens with zero attached hydrogens (tertiary/aromatic N) is 2. The van der Waals surface area contributed by atoms with Gasteiger partial charge in [-0.15, -0.1) is 0 Å². The molecule has 0 heterocycles. The second kappa shape index (κ2) is 15.0. The molecule has 0 fully saturated rings. The van der Waals surface area contributed by atoms with Crippen LogP contribution in [0.15, 0.2) is 200 Å². The molecule has 3 heteroatoms. The van der Waals surface area contributed by atoms with Crippen LogP contribution in [0.5, 0.6) is 0 Å². The Balaban J connectivity index is 1.34. The van der Waals surface area contributed by atoms with Crippen LogP contribution < -0.4 is 15.0 Å². The average Bonchev–Trinajstić information content (AvgIpc) is 3.28. The Bertz CT molecular complexity index is 2930. The lowest BCUT2D eigenvalue weighted by molar-refractivity contribution is 1.24. The molecule has 0 N–H and O–H groups in total. The van der Waals surface area contributed by atoms with Gasteiger partial charge in [0.05, 0.1) is 19.4 Å². The summed E-state index contributed by atoms with van der Waals surface area (Å²) < 4.78 is 0. The first-order valence-corrected chi connectivity index (χ1v) is 24.5. The lowest BCUT2D eigenvalue weighted by atomic mass is 9.90. The smallest absolute Gasteiger partial charge is 0.0776 e. The first-order chi connectivity index (χ1) is 29.3. The molecule has 0 aliphatic carbocycles. The zero-order valence-corrected chi connectivity index (χ0v) is 35.9. The molecule has 0 amide bonds. The van der Waals surface area contributed by atoms with Crippen LogP contribution in [0.4, 0.5) is 34.1 Å². The largest absolute Gasteiger partial charge is 0.310 e. The minimum absolute atomic E-state index is 1.11. The third kappa shape index (κ3) is 6.43. The average molecular weight is 789 g/mol. The van der Waals surface area contributed by atoms with Gasteiger partial charge in [0.1, 0.15) is 0 Å². The van der Waals surface area contributed by atoms with E-state index in [1.165, 1.54) is 70.9 Å². The molecule has 0 aromatic heterocycles. The molecular formula is C57H48N2Si. The molecule has 10 aromatic rings. The third-order valence-corrected chi connectivity index (χ3v) is 14.3. The van der Waals surface area contributed by atoms with E-state index in [1.54, 1.807) is 0 Å². The van der Waals surface area contributed by atoms with Crippen LogP contribution in [0.2, 0.25) is 19.6 Å². The maximum absolute atomic E-state index is 2.50. The van der Waals surface area contributed by atoms with E-state index in [0.717, 1.165) is 34.1 Å². The molecule has 60 heavy (non-hydrogen) atoms. The van der Waals surface area contributed by atoms with Crippen LogP contribution in [-0.4, -0.2) is 8.07 Å². The summed E-state index contributed by atoms with van der Waals surface area (Å²) in [5.41, 5.74) is 14.1. The molecule has 10 aromatic carbocycles. The van der Waals surface area contributed by atoms with Crippen LogP contribution >= 0.6 is 0 Å². The lowest BCUT2D eigenvalue weighted by Crippen LogP contribution is -2.37. The number of benzene rings is 10. The number of anilines is 6. The Kier molecular flexibility index (Phi) is 9.35. The normalized spacial score (nSPS) is 11.8. The molecular weight excluding hydrogens is 741 g/mol. The summed E-state index contributed by atoms with van der Waals surface area (Å²) in [7, 11) is -1.61. The zero-order valence-electron chi connectivity index (χ0n) is 34.9. The Morgan fingerprint density at radius 2 is 0.750 bits per heavy atom. The van der Waals surface area contributed by atoms with E-state index in [2.05, 4.69) is 243 Å². The summed E-state index contributed by atoms with van der Waals surface area (Å²) in [6, 6.07) is 73.8. The maximum Gasteiger partial charge on any atom is 0.0776 e. The Hall–Kier alpha value is -6.94. The van der Waals surface area contributed by atoms with E-state index in [1.807, 2.05) is 0 Å². The van der Waals surface area contributed by atoms with Crippen molar-refractivity contribution in [3.05, 3.63) is 211 Å². The Labute approximate surface area is 355 Å². The van der Waals surface area contributed by atoms with Crippen LogP contribution in [0.1, 0.15) is 11.1 Å². The van der Waals surface area contributed by atoms with E-state index < -0.39 is 8.07 Å². The van der Waals surface area contributed by atoms with Gasteiger partial charge in [-0.1, -0.05) is 183 Å². The van der Waals surface area contributed by atoms with Crippen molar-refractivity contribution in [3.63, 3.8) is 0 Å². The predicted octanol–water partition coefficient (Wildman–Crippen LogP) is 16.0. The number of para-hydroxylation sites is 2. The van der Waals surface area contributed by atoms with E-state index in [-0.39, 0.29) is 0 Å². The fourth-order valence-electron chi connectivity index (χ4n) is 9.24. The molecule has 2 nitrogen and oxygen atoms in total. The minimum Gasteiger partial charge on any atom is -0.310 e. The van der Waals surface area contributed by atoms with Gasteiger partial charge in [0.2, 0.25) is 0 Å². The van der Waals surface area contributed by atoms with Crippen molar-refractivity contribution in [1.29, 1.82) is 0 Å². The highest BCUT2D eigenvalue weighted by atomic mass is 28.3. The molecule has 0 saturated heterocycles. The van der Waals surface area contributed by atoms with E-state index >= 15 is 0 Å². The number of rotatable bonds is 9. The van der Waals surface area contributed by atoms with Crippen LogP contribution in [0.3, 0.4) is 0 Å². The predicted molar refractivity (Wildman–Crippen MR) is 263 cm³/mol. The fourth-order valence-corrected chi connectivity index (χ4v) is 10.4. The van der Waals surface area contributed by atoms with Gasteiger partial charge >= 0.3 is 0 Å². The number of hydrogen-bond donors (Lipinski definition) is 0. The molecule has 290 valence electrons. The lowest BCUT2D eigenvalue weighted by Gasteiger charge is -2.34.